The van der Waals surface area contributed by atoms with Gasteiger partial charge in [-0.3, -0.25) is 14.5 Å². The zero-order valence-corrected chi connectivity index (χ0v) is 18.4. The van der Waals surface area contributed by atoms with Crippen molar-refractivity contribution in [3.8, 4) is 0 Å². The Labute approximate surface area is 184 Å². The fraction of sp³-hybridized carbons (Fsp3) is 0.600. The van der Waals surface area contributed by atoms with Gasteiger partial charge in [0.2, 0.25) is 17.0 Å². The van der Waals surface area contributed by atoms with Crippen LogP contribution < -0.4 is 5.32 Å². The van der Waals surface area contributed by atoms with Gasteiger partial charge in [-0.2, -0.15) is 0 Å². The number of nitrogens with zero attached hydrogens (tertiary/aromatic N) is 5. The molecule has 1 saturated heterocycles. The molecule has 3 N–H and O–H groups in total. The SMILES string of the molecule is CC(=O)NC(OC(Sc1nnnn1C)C1C=C(C(=O)O)N2C(=O)C[C@H]2S1)SCCO. The lowest BCUT2D eigenvalue weighted by Crippen LogP contribution is -2.55. The second kappa shape index (κ2) is 10.00. The second-order valence-electron chi connectivity index (χ2n) is 6.21. The molecule has 12 nitrogen and oxygen atoms in total. The number of carbonyl (C=O) groups is 3. The number of carbonyl (C=O) groups excluding carboxylic acids is 2. The Hall–Kier alpha value is -1.81. The first kappa shape index (κ1) is 22.9. The highest BCUT2D eigenvalue weighted by molar-refractivity contribution is 8.04. The molecule has 4 atom stereocenters. The van der Waals surface area contributed by atoms with E-state index < -0.39 is 22.2 Å². The maximum Gasteiger partial charge on any atom is 0.352 e. The van der Waals surface area contributed by atoms with Crippen LogP contribution >= 0.6 is 35.3 Å². The van der Waals surface area contributed by atoms with Crippen molar-refractivity contribution in [1.29, 1.82) is 0 Å². The van der Waals surface area contributed by atoms with E-state index in [1.807, 2.05) is 0 Å². The number of carboxylic acids is 1. The summed E-state index contributed by atoms with van der Waals surface area (Å²) >= 11 is 3.77. The first-order valence-electron chi connectivity index (χ1n) is 8.76. The highest BCUT2D eigenvalue weighted by Crippen LogP contribution is 2.45. The number of aliphatic hydroxyl groups is 1. The number of ether oxygens (including phenoxy) is 1. The Morgan fingerprint density at radius 3 is 2.83 bits per heavy atom. The van der Waals surface area contributed by atoms with E-state index in [2.05, 4.69) is 20.8 Å². The molecule has 1 aromatic heterocycles. The topological polar surface area (TPSA) is 160 Å². The first-order valence-corrected chi connectivity index (χ1v) is 11.6. The maximum absolute atomic E-state index is 11.8. The van der Waals surface area contributed by atoms with Crippen molar-refractivity contribution in [2.75, 3.05) is 12.4 Å². The molecule has 0 aromatic carbocycles. The highest BCUT2D eigenvalue weighted by atomic mass is 32.2. The number of hydrogen-bond donors (Lipinski definition) is 3. The van der Waals surface area contributed by atoms with E-state index in [0.29, 0.717) is 10.9 Å². The smallest absolute Gasteiger partial charge is 0.352 e. The van der Waals surface area contributed by atoms with Gasteiger partial charge in [0.05, 0.1) is 23.7 Å². The Kier molecular flexibility index (Phi) is 7.62. The molecule has 1 aromatic rings. The minimum atomic E-state index is -1.20. The molecule has 3 rings (SSSR count). The number of fused-ring (bicyclic) bond motifs is 1. The van der Waals surface area contributed by atoms with Gasteiger partial charge in [-0.1, -0.05) is 11.8 Å². The summed E-state index contributed by atoms with van der Waals surface area (Å²) in [5, 5.41) is 32.3. The molecular weight excluding hydrogens is 456 g/mol. The van der Waals surface area contributed by atoms with E-state index in [4.69, 9.17) is 9.84 Å². The Balaban J connectivity index is 1.87. The molecule has 164 valence electrons. The molecule has 0 spiro atoms. The predicted octanol–water partition coefficient (Wildman–Crippen LogP) is -0.568. The van der Waals surface area contributed by atoms with E-state index in [9.17, 15) is 19.5 Å². The van der Waals surface area contributed by atoms with Crippen molar-refractivity contribution >= 4 is 53.1 Å². The lowest BCUT2D eigenvalue weighted by molar-refractivity contribution is -0.146. The van der Waals surface area contributed by atoms with Crippen LogP contribution in [0, 0.1) is 0 Å². The molecule has 2 amide bonds. The number of nitrogens with one attached hydrogen (secondary N) is 1. The Morgan fingerprint density at radius 1 is 1.50 bits per heavy atom. The Bertz CT molecular complexity index is 851. The van der Waals surface area contributed by atoms with Gasteiger partial charge in [-0.15, -0.1) is 28.6 Å². The fourth-order valence-corrected chi connectivity index (χ4v) is 6.13. The largest absolute Gasteiger partial charge is 0.477 e. The molecule has 0 bridgehead atoms. The van der Waals surface area contributed by atoms with E-state index in [-0.39, 0.29) is 35.9 Å². The van der Waals surface area contributed by atoms with Gasteiger partial charge in [-0.05, 0) is 16.5 Å². The number of aromatic nitrogens is 4. The zero-order valence-electron chi connectivity index (χ0n) is 16.0. The maximum atomic E-state index is 11.8. The zero-order chi connectivity index (χ0) is 21.8. The molecule has 2 aliphatic rings. The van der Waals surface area contributed by atoms with E-state index in [1.165, 1.54) is 57.9 Å². The first-order chi connectivity index (χ1) is 14.3. The molecule has 3 heterocycles. The molecular formula is C15H20N6O6S3. The van der Waals surface area contributed by atoms with Crippen LogP contribution in [0.2, 0.25) is 0 Å². The number of amides is 2. The second-order valence-corrected chi connectivity index (χ2v) is 9.81. The quantitative estimate of drug-likeness (QED) is 0.224. The van der Waals surface area contributed by atoms with Crippen LogP contribution in [-0.2, 0) is 26.2 Å². The average Bonchev–Trinajstić information content (AvgIpc) is 3.07. The number of hydrogen-bond acceptors (Lipinski definition) is 11. The summed E-state index contributed by atoms with van der Waals surface area (Å²) in [5.41, 5.74) is -1.56. The van der Waals surface area contributed by atoms with Crippen LogP contribution in [0.1, 0.15) is 13.3 Å². The van der Waals surface area contributed by atoms with Crippen LogP contribution in [-0.4, -0.2) is 87.1 Å². The molecule has 0 saturated carbocycles. The van der Waals surface area contributed by atoms with Gasteiger partial charge in [0.1, 0.15) is 11.1 Å². The molecule has 3 unspecified atom stereocenters. The number of aryl methyl sites for hydroxylation is 1. The van der Waals surface area contributed by atoms with Gasteiger partial charge < -0.3 is 20.3 Å². The van der Waals surface area contributed by atoms with E-state index in [0.717, 1.165) is 0 Å². The van der Waals surface area contributed by atoms with Crippen molar-refractivity contribution in [2.45, 2.75) is 40.1 Å². The van der Waals surface area contributed by atoms with Gasteiger partial charge in [-0.25, -0.2) is 9.48 Å². The number of carboxylic acid groups (broad SMARTS) is 1. The number of rotatable bonds is 10. The van der Waals surface area contributed by atoms with Crippen molar-refractivity contribution in [3.05, 3.63) is 11.8 Å². The molecule has 15 heteroatoms. The monoisotopic (exact) mass is 476 g/mol. The number of tetrazole rings is 1. The molecule has 1 fully saturated rings. The molecule has 0 aliphatic carbocycles. The third-order valence-electron chi connectivity index (χ3n) is 4.03. The third kappa shape index (κ3) is 5.26. The summed E-state index contributed by atoms with van der Waals surface area (Å²) in [5.74, 6) is -1.43. The minimum absolute atomic E-state index is 0.0932. The standard InChI is InChI=1S/C15H20N6O6S3/c1-7(23)16-15(28-4-3-22)27-13(30-14-17-18-19-20(14)2)9-5-8(12(25)26)21-10(24)6-11(21)29-9/h5,9,11,13,15,22H,3-4,6H2,1-2H3,(H,16,23)(H,25,26)/t9?,11-,13?,15?/m1/s1. The third-order valence-corrected chi connectivity index (χ3v) is 7.74. The molecule has 2 aliphatic heterocycles. The van der Waals surface area contributed by atoms with Crippen molar-refractivity contribution in [1.82, 2.24) is 30.4 Å². The van der Waals surface area contributed by atoms with Crippen molar-refractivity contribution in [3.63, 3.8) is 0 Å². The average molecular weight is 477 g/mol. The highest BCUT2D eigenvalue weighted by Gasteiger charge is 2.47. The van der Waals surface area contributed by atoms with E-state index in [1.54, 1.807) is 7.05 Å². The summed E-state index contributed by atoms with van der Waals surface area (Å²) in [6, 6.07) is 0. The minimum Gasteiger partial charge on any atom is -0.477 e. The van der Waals surface area contributed by atoms with Crippen molar-refractivity contribution in [2.24, 2.45) is 7.05 Å². The number of aliphatic hydroxyl groups excluding tert-OH is 1. The lowest BCUT2D eigenvalue weighted by atomic mass is 10.1. The fourth-order valence-electron chi connectivity index (χ4n) is 2.72. The van der Waals surface area contributed by atoms with Gasteiger partial charge >= 0.3 is 5.97 Å². The van der Waals surface area contributed by atoms with Crippen LogP contribution in [0.5, 0.6) is 0 Å². The predicted molar refractivity (Wildman–Crippen MR) is 109 cm³/mol. The summed E-state index contributed by atoms with van der Waals surface area (Å²) in [4.78, 5) is 36.4. The normalized spacial score (nSPS) is 22.6. The van der Waals surface area contributed by atoms with Crippen LogP contribution in [0.15, 0.2) is 16.9 Å². The van der Waals surface area contributed by atoms with Crippen LogP contribution in [0.4, 0.5) is 0 Å². The number of aliphatic carboxylic acids is 1. The molecule has 30 heavy (non-hydrogen) atoms. The Morgan fingerprint density at radius 2 is 2.27 bits per heavy atom. The van der Waals surface area contributed by atoms with Gasteiger partial charge in [0, 0.05) is 19.7 Å². The lowest BCUT2D eigenvalue weighted by Gasteiger charge is -2.45. The number of β-lactam (4-membered cyclic amide) rings is 1. The summed E-state index contributed by atoms with van der Waals surface area (Å²) in [7, 11) is 1.66. The van der Waals surface area contributed by atoms with Crippen molar-refractivity contribution < 1.29 is 29.3 Å². The van der Waals surface area contributed by atoms with E-state index >= 15 is 0 Å². The van der Waals surface area contributed by atoms with Gasteiger partial charge in [0.25, 0.3) is 0 Å². The van der Waals surface area contributed by atoms with Gasteiger partial charge in [0.15, 0.2) is 5.56 Å². The van der Waals surface area contributed by atoms with Crippen LogP contribution in [0.3, 0.4) is 0 Å². The summed E-state index contributed by atoms with van der Waals surface area (Å²) < 4.78 is 7.55. The number of thioether (sulfide) groups is 3. The summed E-state index contributed by atoms with van der Waals surface area (Å²) in [6.07, 6.45) is 1.71. The summed E-state index contributed by atoms with van der Waals surface area (Å²) in [6.45, 7) is 1.25. The van der Waals surface area contributed by atoms with Crippen LogP contribution in [0.25, 0.3) is 0 Å². The molecule has 0 radical (unpaired) electrons.